The summed E-state index contributed by atoms with van der Waals surface area (Å²) < 4.78 is 6.15. The van der Waals surface area contributed by atoms with Crippen molar-refractivity contribution in [2.45, 2.75) is 38.1 Å². The summed E-state index contributed by atoms with van der Waals surface area (Å²) in [5, 5.41) is 9.11. The van der Waals surface area contributed by atoms with Crippen LogP contribution in [0.4, 0.5) is 0 Å². The lowest BCUT2D eigenvalue weighted by atomic mass is 9.84. The number of aryl methyl sites for hydroxylation is 2. The summed E-state index contributed by atoms with van der Waals surface area (Å²) in [4.78, 5) is 13.4. The van der Waals surface area contributed by atoms with Gasteiger partial charge in [-0.3, -0.25) is 9.69 Å². The molecule has 0 amide bonds. The molecule has 1 unspecified atom stereocenters. The monoisotopic (exact) mass is 365 g/mol. The van der Waals surface area contributed by atoms with Crippen LogP contribution >= 0.6 is 0 Å². The molecule has 4 nitrogen and oxygen atoms in total. The van der Waals surface area contributed by atoms with Crippen molar-refractivity contribution in [3.63, 3.8) is 0 Å². The van der Waals surface area contributed by atoms with Crippen molar-refractivity contribution in [1.29, 1.82) is 0 Å². The third kappa shape index (κ3) is 4.16. The van der Waals surface area contributed by atoms with E-state index in [0.717, 1.165) is 44.5 Å². The second-order valence-corrected chi connectivity index (χ2v) is 7.72. The van der Waals surface area contributed by atoms with E-state index in [1.165, 1.54) is 16.7 Å². The number of aliphatic carboxylic acids is 1. The Labute approximate surface area is 160 Å². The Morgan fingerprint density at radius 1 is 1.11 bits per heavy atom. The van der Waals surface area contributed by atoms with Crippen molar-refractivity contribution in [2.24, 2.45) is 5.92 Å². The van der Waals surface area contributed by atoms with E-state index in [4.69, 9.17) is 9.84 Å². The number of fused-ring (bicyclic) bond motifs is 1. The number of hydrogen-bond acceptors (Lipinski definition) is 3. The highest BCUT2D eigenvalue weighted by Crippen LogP contribution is 2.34. The van der Waals surface area contributed by atoms with Gasteiger partial charge in [0.25, 0.3) is 0 Å². The number of carboxylic acids is 1. The van der Waals surface area contributed by atoms with E-state index < -0.39 is 5.97 Å². The molecule has 0 spiro atoms. The van der Waals surface area contributed by atoms with Crippen molar-refractivity contribution >= 4 is 5.97 Å². The molecule has 0 bridgehead atoms. The number of ether oxygens (including phenoxy) is 1. The fourth-order valence-corrected chi connectivity index (χ4v) is 4.25. The van der Waals surface area contributed by atoms with Gasteiger partial charge in [0.2, 0.25) is 0 Å². The van der Waals surface area contributed by atoms with E-state index in [1.54, 1.807) is 0 Å². The molecule has 142 valence electrons. The lowest BCUT2D eigenvalue weighted by Crippen LogP contribution is -2.56. The summed E-state index contributed by atoms with van der Waals surface area (Å²) in [5.41, 5.74) is 4.07. The van der Waals surface area contributed by atoms with Crippen molar-refractivity contribution < 1.29 is 14.6 Å². The average molecular weight is 365 g/mol. The van der Waals surface area contributed by atoms with Gasteiger partial charge in [0.15, 0.2) is 0 Å². The van der Waals surface area contributed by atoms with E-state index in [9.17, 15) is 4.79 Å². The number of likely N-dealkylation sites (tertiary alicyclic amines) is 1. The van der Waals surface area contributed by atoms with Gasteiger partial charge < -0.3 is 9.84 Å². The first-order valence-electron chi connectivity index (χ1n) is 9.95. The van der Waals surface area contributed by atoms with Crippen molar-refractivity contribution in [2.75, 3.05) is 19.7 Å². The van der Waals surface area contributed by atoms with Crippen LogP contribution in [-0.4, -0.2) is 41.7 Å². The lowest BCUT2D eigenvalue weighted by Gasteiger charge is -2.44. The van der Waals surface area contributed by atoms with Gasteiger partial charge >= 0.3 is 5.97 Å². The minimum Gasteiger partial charge on any atom is -0.493 e. The van der Waals surface area contributed by atoms with E-state index in [-0.39, 0.29) is 5.92 Å². The molecule has 1 N–H and O–H groups in total. The van der Waals surface area contributed by atoms with E-state index in [1.807, 2.05) is 6.07 Å². The number of nitrogens with zero attached hydrogens (tertiary/aromatic N) is 1. The predicted octanol–water partition coefficient (Wildman–Crippen LogP) is 3.57. The molecule has 2 aromatic carbocycles. The summed E-state index contributed by atoms with van der Waals surface area (Å²) in [6.45, 7) is 2.10. The highest BCUT2D eigenvalue weighted by molar-refractivity contribution is 5.71. The quantitative estimate of drug-likeness (QED) is 0.762. The van der Waals surface area contributed by atoms with Gasteiger partial charge in [-0.05, 0) is 54.9 Å². The van der Waals surface area contributed by atoms with Crippen LogP contribution in [0, 0.1) is 5.92 Å². The first-order chi connectivity index (χ1) is 13.2. The molecule has 4 heteroatoms. The summed E-state index contributed by atoms with van der Waals surface area (Å²) in [5.74, 6) is 0.168. The molecule has 1 heterocycles. The highest BCUT2D eigenvalue weighted by Gasteiger charge is 2.38. The van der Waals surface area contributed by atoms with Gasteiger partial charge in [0.05, 0.1) is 12.5 Å². The second kappa shape index (κ2) is 8.13. The van der Waals surface area contributed by atoms with E-state index >= 15 is 0 Å². The molecule has 2 aromatic rings. The zero-order valence-electron chi connectivity index (χ0n) is 15.6. The van der Waals surface area contributed by atoms with Gasteiger partial charge in [-0.25, -0.2) is 0 Å². The molecule has 1 aliphatic carbocycles. The zero-order chi connectivity index (χ0) is 18.6. The molecule has 1 aliphatic heterocycles. The molecule has 1 saturated heterocycles. The van der Waals surface area contributed by atoms with Crippen LogP contribution in [0.5, 0.6) is 5.75 Å². The van der Waals surface area contributed by atoms with Gasteiger partial charge in [-0.2, -0.15) is 0 Å². The Kier molecular flexibility index (Phi) is 5.44. The van der Waals surface area contributed by atoms with Crippen molar-refractivity contribution in [1.82, 2.24) is 4.90 Å². The molecule has 0 radical (unpaired) electrons. The summed E-state index contributed by atoms with van der Waals surface area (Å²) in [7, 11) is 0. The van der Waals surface area contributed by atoms with Gasteiger partial charge in [0.1, 0.15) is 5.75 Å². The van der Waals surface area contributed by atoms with Crippen LogP contribution in [0.25, 0.3) is 0 Å². The summed E-state index contributed by atoms with van der Waals surface area (Å²) >= 11 is 0. The Morgan fingerprint density at radius 2 is 1.93 bits per heavy atom. The number of hydrogen-bond donors (Lipinski definition) is 1. The maximum Gasteiger partial charge on any atom is 0.309 e. The van der Waals surface area contributed by atoms with Crippen LogP contribution in [0.2, 0.25) is 0 Å². The second-order valence-electron chi connectivity index (χ2n) is 7.72. The number of benzene rings is 2. The maximum atomic E-state index is 11.1. The van der Waals surface area contributed by atoms with E-state index in [0.29, 0.717) is 19.1 Å². The van der Waals surface area contributed by atoms with E-state index in [2.05, 4.69) is 47.4 Å². The first kappa shape index (κ1) is 18.1. The molecule has 0 saturated carbocycles. The summed E-state index contributed by atoms with van der Waals surface area (Å²) in [6, 6.07) is 17.3. The van der Waals surface area contributed by atoms with Crippen LogP contribution in [0.15, 0.2) is 48.5 Å². The van der Waals surface area contributed by atoms with Crippen LogP contribution < -0.4 is 4.74 Å². The lowest BCUT2D eigenvalue weighted by molar-refractivity contribution is -0.148. The molecular weight excluding hydrogens is 338 g/mol. The molecular formula is C23H27NO3. The number of carbonyl (C=O) groups is 1. The molecule has 1 fully saturated rings. The molecule has 0 aromatic heterocycles. The average Bonchev–Trinajstić information content (AvgIpc) is 2.65. The predicted molar refractivity (Wildman–Crippen MR) is 105 cm³/mol. The normalized spacial score (nSPS) is 19.9. The zero-order valence-corrected chi connectivity index (χ0v) is 15.6. The van der Waals surface area contributed by atoms with Crippen molar-refractivity contribution in [3.8, 4) is 5.75 Å². The number of rotatable bonds is 7. The van der Waals surface area contributed by atoms with Gasteiger partial charge in [0, 0.05) is 19.1 Å². The number of carboxylic acid groups (broad SMARTS) is 1. The Hall–Kier alpha value is -2.33. The van der Waals surface area contributed by atoms with Crippen LogP contribution in [0.3, 0.4) is 0 Å². The molecule has 27 heavy (non-hydrogen) atoms. The largest absolute Gasteiger partial charge is 0.493 e. The summed E-state index contributed by atoms with van der Waals surface area (Å²) in [6.07, 6.45) is 5.16. The molecule has 2 aliphatic rings. The minimum atomic E-state index is -0.662. The highest BCUT2D eigenvalue weighted by atomic mass is 16.5. The molecule has 1 atom stereocenters. The Bertz CT molecular complexity index is 783. The SMILES string of the molecule is O=C(O)C1CN(C2CCc3cccc(OCCCc4ccccc4)c3C2)C1. The van der Waals surface area contributed by atoms with Gasteiger partial charge in [-0.1, -0.05) is 42.5 Å². The first-order valence-corrected chi connectivity index (χ1v) is 9.95. The maximum absolute atomic E-state index is 11.1. The minimum absolute atomic E-state index is 0.184. The third-order valence-corrected chi connectivity index (χ3v) is 5.90. The van der Waals surface area contributed by atoms with Crippen LogP contribution in [0.1, 0.15) is 29.5 Å². The van der Waals surface area contributed by atoms with Gasteiger partial charge in [-0.15, -0.1) is 0 Å². The standard InChI is InChI=1S/C23H27NO3/c25-23(26)19-15-24(16-19)20-12-11-18-9-4-10-22(21(18)14-20)27-13-5-8-17-6-2-1-3-7-17/h1-4,6-7,9-10,19-20H,5,8,11-16H2,(H,25,26). The Balaban J connectivity index is 1.33. The smallest absolute Gasteiger partial charge is 0.309 e. The van der Waals surface area contributed by atoms with Crippen molar-refractivity contribution in [3.05, 3.63) is 65.2 Å². The fourth-order valence-electron chi connectivity index (χ4n) is 4.25. The Morgan fingerprint density at radius 3 is 2.70 bits per heavy atom. The third-order valence-electron chi connectivity index (χ3n) is 5.90. The van der Waals surface area contributed by atoms with Crippen LogP contribution in [-0.2, 0) is 24.1 Å². The fraction of sp³-hybridized carbons (Fsp3) is 0.435. The molecule has 4 rings (SSSR count). The topological polar surface area (TPSA) is 49.8 Å².